The Kier molecular flexibility index (Phi) is 11.9. The molecular weight excluding hydrogens is 570 g/mol. The average molecular weight is 606 g/mol. The summed E-state index contributed by atoms with van der Waals surface area (Å²) in [7, 11) is 3.33. The van der Waals surface area contributed by atoms with Crippen molar-refractivity contribution in [2.45, 2.75) is 50.5 Å². The van der Waals surface area contributed by atoms with Crippen LogP contribution in [-0.2, 0) is 32.2 Å². The number of benzene rings is 1. The summed E-state index contributed by atoms with van der Waals surface area (Å²) in [5, 5.41) is 43.4. The number of aromatic nitrogens is 2. The minimum absolute atomic E-state index is 0.284. The Bertz CT molecular complexity index is 1310. The first-order valence-corrected chi connectivity index (χ1v) is 13.9. The second-order valence-corrected chi connectivity index (χ2v) is 10.7. The maximum atomic E-state index is 10.3. The van der Waals surface area contributed by atoms with Crippen LogP contribution in [0.1, 0.15) is 36.8 Å². The van der Waals surface area contributed by atoms with Crippen molar-refractivity contribution < 1.29 is 49.0 Å². The number of hydrogen-bond acceptors (Lipinski definition) is 10. The Morgan fingerprint density at radius 3 is 2.36 bits per heavy atom. The third-order valence-corrected chi connectivity index (χ3v) is 7.39. The van der Waals surface area contributed by atoms with Gasteiger partial charge in [-0.25, -0.2) is 4.79 Å². The summed E-state index contributed by atoms with van der Waals surface area (Å²) < 4.78 is 16.8. The molecule has 3 heterocycles. The molecule has 2 aromatic heterocycles. The minimum Gasteiger partial charge on any atom is -0.493 e. The van der Waals surface area contributed by atoms with Gasteiger partial charge in [0, 0.05) is 31.8 Å². The Hall–Kier alpha value is -3.98. The van der Waals surface area contributed by atoms with Crippen LogP contribution in [0.5, 0.6) is 11.5 Å². The maximum absolute atomic E-state index is 10.3. The molecule has 5 N–H and O–H groups in total. The highest BCUT2D eigenvalue weighted by molar-refractivity contribution is 7.13. The lowest BCUT2D eigenvalue weighted by Crippen LogP contribution is -2.42. The van der Waals surface area contributed by atoms with E-state index in [0.717, 1.165) is 56.3 Å². The number of carboxylic acids is 3. The molecular formula is C28H35N3O10S. The van der Waals surface area contributed by atoms with E-state index in [4.69, 9.17) is 34.6 Å². The zero-order valence-electron chi connectivity index (χ0n) is 23.3. The van der Waals surface area contributed by atoms with Crippen molar-refractivity contribution in [3.8, 4) is 22.1 Å². The SMILES string of the molecule is COc1ccc(CN(Cc2cn[nH]c2-c2cccs2)CC2CCCO2)cc1OC.O=C(O)CC(O)(CC(=O)O)C(=O)O. The highest BCUT2D eigenvalue weighted by Crippen LogP contribution is 2.30. The summed E-state index contributed by atoms with van der Waals surface area (Å²) in [6.07, 6.45) is 2.19. The predicted octanol–water partition coefficient (Wildman–Crippen LogP) is 3.09. The van der Waals surface area contributed by atoms with E-state index in [1.165, 1.54) is 16.0 Å². The fraction of sp³-hybridized carbons (Fsp3) is 0.429. The van der Waals surface area contributed by atoms with Crippen LogP contribution in [0, 0.1) is 0 Å². The molecule has 1 saturated heterocycles. The van der Waals surface area contributed by atoms with Gasteiger partial charge < -0.3 is 34.6 Å². The average Bonchev–Trinajstić information content (AvgIpc) is 3.71. The van der Waals surface area contributed by atoms with E-state index in [0.29, 0.717) is 0 Å². The lowest BCUT2D eigenvalue weighted by Gasteiger charge is -2.25. The number of H-pyrrole nitrogens is 1. The minimum atomic E-state index is -2.74. The van der Waals surface area contributed by atoms with E-state index >= 15 is 0 Å². The Labute approximate surface area is 246 Å². The number of nitrogens with one attached hydrogen (secondary N) is 1. The lowest BCUT2D eigenvalue weighted by molar-refractivity contribution is -0.170. The Morgan fingerprint density at radius 2 is 1.81 bits per heavy atom. The molecule has 228 valence electrons. The number of rotatable bonds is 14. The summed E-state index contributed by atoms with van der Waals surface area (Å²) in [4.78, 5) is 34.1. The summed E-state index contributed by atoms with van der Waals surface area (Å²) in [6.45, 7) is 3.36. The second kappa shape index (κ2) is 15.3. The first-order chi connectivity index (χ1) is 20.0. The molecule has 3 aromatic rings. The van der Waals surface area contributed by atoms with Crippen molar-refractivity contribution in [3.05, 3.63) is 53.0 Å². The van der Waals surface area contributed by atoms with E-state index in [9.17, 15) is 14.4 Å². The standard InChI is InChI=1S/C22H27N3O3S.C6H8O7/c1-26-19-8-7-16(11-20(19)27-2)13-25(15-18-5-3-9-28-18)14-17-12-23-24-22(17)21-6-4-10-29-21;7-3(8)1-6(13,5(11)12)2-4(9)10/h4,6-8,10-12,18H,3,5,9,13-15H2,1-2H3,(H,23,24);13H,1-2H2,(H,7,8)(H,9,10)(H,11,12). The van der Waals surface area contributed by atoms with Crippen LogP contribution in [0.25, 0.3) is 10.6 Å². The number of ether oxygens (including phenoxy) is 3. The van der Waals surface area contributed by atoms with Crippen molar-refractivity contribution in [2.75, 3.05) is 27.4 Å². The summed E-state index contributed by atoms with van der Waals surface area (Å²) in [6, 6.07) is 10.3. The number of carboxylic acid groups (broad SMARTS) is 3. The topological polar surface area (TPSA) is 192 Å². The molecule has 0 amide bonds. The number of aliphatic hydroxyl groups is 1. The van der Waals surface area contributed by atoms with E-state index in [2.05, 4.69) is 44.7 Å². The smallest absolute Gasteiger partial charge is 0.336 e. The molecule has 42 heavy (non-hydrogen) atoms. The van der Waals surface area contributed by atoms with Crippen molar-refractivity contribution in [3.63, 3.8) is 0 Å². The quantitative estimate of drug-likeness (QED) is 0.181. The molecule has 1 fully saturated rings. The van der Waals surface area contributed by atoms with E-state index < -0.39 is 36.4 Å². The van der Waals surface area contributed by atoms with Gasteiger partial charge >= 0.3 is 17.9 Å². The van der Waals surface area contributed by atoms with Gasteiger partial charge in [-0.3, -0.25) is 19.6 Å². The van der Waals surface area contributed by atoms with Gasteiger partial charge in [0.2, 0.25) is 0 Å². The molecule has 1 aliphatic rings. The van der Waals surface area contributed by atoms with E-state index in [1.807, 2.05) is 12.3 Å². The number of carbonyl (C=O) groups is 3. The summed E-state index contributed by atoms with van der Waals surface area (Å²) in [5.41, 5.74) is 0.745. The molecule has 0 radical (unpaired) electrons. The summed E-state index contributed by atoms with van der Waals surface area (Å²) >= 11 is 1.72. The van der Waals surface area contributed by atoms with Crippen LogP contribution in [0.15, 0.2) is 41.9 Å². The Balaban J connectivity index is 0.000000316. The molecule has 13 nitrogen and oxygen atoms in total. The van der Waals surface area contributed by atoms with Gasteiger partial charge in [0.05, 0.1) is 49.9 Å². The predicted molar refractivity (Wildman–Crippen MR) is 152 cm³/mol. The molecule has 1 atom stereocenters. The molecule has 4 rings (SSSR count). The van der Waals surface area contributed by atoms with Crippen LogP contribution in [0.3, 0.4) is 0 Å². The maximum Gasteiger partial charge on any atom is 0.336 e. The van der Waals surface area contributed by atoms with Crippen LogP contribution >= 0.6 is 11.3 Å². The first-order valence-electron chi connectivity index (χ1n) is 13.0. The first kappa shape index (κ1) is 32.5. The zero-order valence-corrected chi connectivity index (χ0v) is 24.1. The van der Waals surface area contributed by atoms with Gasteiger partial charge in [0.25, 0.3) is 0 Å². The van der Waals surface area contributed by atoms with Gasteiger partial charge in [-0.05, 0) is 42.0 Å². The van der Waals surface area contributed by atoms with Crippen LogP contribution in [0.2, 0.25) is 0 Å². The molecule has 0 saturated carbocycles. The summed E-state index contributed by atoms with van der Waals surface area (Å²) in [5.74, 6) is -3.52. The number of nitrogens with zero attached hydrogens (tertiary/aromatic N) is 2. The number of thiophene rings is 1. The van der Waals surface area contributed by atoms with Gasteiger partial charge in [-0.15, -0.1) is 11.3 Å². The highest BCUT2D eigenvalue weighted by atomic mass is 32.1. The molecule has 1 aliphatic heterocycles. The molecule has 14 heteroatoms. The normalized spacial score (nSPS) is 14.7. The molecule has 1 unspecified atom stereocenters. The van der Waals surface area contributed by atoms with Crippen LogP contribution in [-0.4, -0.2) is 92.5 Å². The van der Waals surface area contributed by atoms with E-state index in [-0.39, 0.29) is 6.10 Å². The van der Waals surface area contributed by atoms with Gasteiger partial charge in [0.15, 0.2) is 17.1 Å². The number of aliphatic carboxylic acids is 3. The van der Waals surface area contributed by atoms with Crippen molar-refractivity contribution in [1.29, 1.82) is 0 Å². The molecule has 0 bridgehead atoms. The fourth-order valence-corrected chi connectivity index (χ4v) is 5.27. The highest BCUT2D eigenvalue weighted by Gasteiger charge is 2.40. The Morgan fingerprint density at radius 1 is 1.10 bits per heavy atom. The lowest BCUT2D eigenvalue weighted by atomic mass is 9.96. The van der Waals surface area contributed by atoms with E-state index in [1.54, 1.807) is 25.6 Å². The zero-order chi connectivity index (χ0) is 30.7. The van der Waals surface area contributed by atoms with Crippen LogP contribution in [0.4, 0.5) is 0 Å². The third-order valence-electron chi connectivity index (χ3n) is 6.50. The molecule has 1 aromatic carbocycles. The number of methoxy groups -OCH3 is 2. The number of hydrogen-bond donors (Lipinski definition) is 5. The second-order valence-electron chi connectivity index (χ2n) is 9.72. The molecule has 0 aliphatic carbocycles. The monoisotopic (exact) mass is 605 g/mol. The third kappa shape index (κ3) is 9.27. The van der Waals surface area contributed by atoms with Crippen molar-refractivity contribution in [2.24, 2.45) is 0 Å². The molecule has 0 spiro atoms. The fourth-order valence-electron chi connectivity index (χ4n) is 4.52. The van der Waals surface area contributed by atoms with Crippen molar-refractivity contribution in [1.82, 2.24) is 15.1 Å². The van der Waals surface area contributed by atoms with Gasteiger partial charge in [-0.2, -0.15) is 5.10 Å². The number of aromatic amines is 1. The van der Waals surface area contributed by atoms with Crippen molar-refractivity contribution >= 4 is 29.2 Å². The van der Waals surface area contributed by atoms with Gasteiger partial charge in [-0.1, -0.05) is 12.1 Å². The van der Waals surface area contributed by atoms with Gasteiger partial charge in [0.1, 0.15) is 0 Å². The largest absolute Gasteiger partial charge is 0.493 e. The van der Waals surface area contributed by atoms with Crippen LogP contribution < -0.4 is 9.47 Å².